The minimum atomic E-state index is 0.754. The van der Waals surface area contributed by atoms with Crippen molar-refractivity contribution in [3.05, 3.63) is 28.5 Å². The van der Waals surface area contributed by atoms with E-state index in [0.717, 1.165) is 33.8 Å². The van der Waals surface area contributed by atoms with Gasteiger partial charge in [-0.05, 0) is 28.9 Å². The summed E-state index contributed by atoms with van der Waals surface area (Å²) in [6, 6.07) is 3.91. The van der Waals surface area contributed by atoms with Gasteiger partial charge >= 0.3 is 0 Å². The Hall–Kier alpha value is -1.49. The smallest absolute Gasteiger partial charge is 0.146 e. The molecule has 0 bridgehead atoms. The molecule has 5 heteroatoms. The number of aromatic nitrogens is 2. The molecule has 2 aromatic rings. The summed E-state index contributed by atoms with van der Waals surface area (Å²) >= 11 is 3.49. The number of H-pyrrole nitrogens is 2. The maximum Gasteiger partial charge on any atom is 0.146 e. The quantitative estimate of drug-likeness (QED) is 0.836. The highest BCUT2D eigenvalue weighted by Crippen LogP contribution is 2.30. The van der Waals surface area contributed by atoms with Crippen LogP contribution >= 0.6 is 15.9 Å². The predicted octanol–water partition coefficient (Wildman–Crippen LogP) is 3.22. The summed E-state index contributed by atoms with van der Waals surface area (Å²) in [6.45, 7) is 2.75. The van der Waals surface area contributed by atoms with Gasteiger partial charge in [0, 0.05) is 29.5 Å². The van der Waals surface area contributed by atoms with Crippen LogP contribution in [0.2, 0.25) is 0 Å². The van der Waals surface area contributed by atoms with Gasteiger partial charge in [-0.25, -0.2) is 0 Å². The van der Waals surface area contributed by atoms with Crippen molar-refractivity contribution in [1.29, 1.82) is 0 Å². The van der Waals surface area contributed by atoms with Crippen LogP contribution in [0.1, 0.15) is 12.6 Å². The molecule has 17 heavy (non-hydrogen) atoms. The zero-order valence-corrected chi connectivity index (χ0v) is 11.3. The Balaban J connectivity index is 2.41. The number of ether oxygens (including phenoxy) is 1. The van der Waals surface area contributed by atoms with Gasteiger partial charge < -0.3 is 14.7 Å². The summed E-state index contributed by atoms with van der Waals surface area (Å²) < 4.78 is 6.32. The number of aliphatic imine (C=N–C) groups is 1. The molecule has 0 aromatic carbocycles. The van der Waals surface area contributed by atoms with Crippen LogP contribution in [0.15, 0.2) is 27.8 Å². The molecule has 2 rings (SSSR count). The molecule has 0 saturated heterocycles. The van der Waals surface area contributed by atoms with E-state index in [0.29, 0.717) is 0 Å². The molecule has 0 spiro atoms. The first-order valence-electron chi connectivity index (χ1n) is 5.36. The number of aromatic amines is 2. The van der Waals surface area contributed by atoms with Gasteiger partial charge in [0.15, 0.2) is 0 Å². The summed E-state index contributed by atoms with van der Waals surface area (Å²) in [5, 5.41) is 0. The van der Waals surface area contributed by atoms with E-state index in [4.69, 9.17) is 4.74 Å². The van der Waals surface area contributed by atoms with E-state index in [1.165, 1.54) is 0 Å². The zero-order valence-electron chi connectivity index (χ0n) is 9.75. The van der Waals surface area contributed by atoms with Crippen molar-refractivity contribution in [3.63, 3.8) is 0 Å². The molecule has 90 valence electrons. The number of hydrogen-bond acceptors (Lipinski definition) is 2. The molecular formula is C12H14BrN3O. The lowest BCUT2D eigenvalue weighted by molar-refractivity contribution is 0.415. The summed E-state index contributed by atoms with van der Waals surface area (Å²) in [5.74, 6) is 0.790. The van der Waals surface area contributed by atoms with Crippen LogP contribution in [0.3, 0.4) is 0 Å². The minimum absolute atomic E-state index is 0.754. The highest BCUT2D eigenvalue weighted by Gasteiger charge is 2.11. The highest BCUT2D eigenvalue weighted by molar-refractivity contribution is 9.10. The summed E-state index contributed by atoms with van der Waals surface area (Å²) in [7, 11) is 1.65. The van der Waals surface area contributed by atoms with Gasteiger partial charge in [0.1, 0.15) is 5.75 Å². The SMILES string of the molecule is CCN=Cc1[nH]c(-c2[nH]ccc2Br)cc1OC. The normalized spacial score (nSPS) is 11.2. The third-order valence-corrected chi connectivity index (χ3v) is 3.06. The number of hydrogen-bond donors (Lipinski definition) is 2. The summed E-state index contributed by atoms with van der Waals surface area (Å²) in [5.41, 5.74) is 2.85. The van der Waals surface area contributed by atoms with Crippen molar-refractivity contribution >= 4 is 22.1 Å². The number of halogens is 1. The van der Waals surface area contributed by atoms with Crippen molar-refractivity contribution in [1.82, 2.24) is 9.97 Å². The van der Waals surface area contributed by atoms with E-state index in [1.54, 1.807) is 13.3 Å². The first kappa shape index (κ1) is 12.0. The lowest BCUT2D eigenvalue weighted by Gasteiger charge is -1.95. The summed E-state index contributed by atoms with van der Waals surface area (Å²) in [6.07, 6.45) is 3.67. The van der Waals surface area contributed by atoms with E-state index in [2.05, 4.69) is 30.9 Å². The van der Waals surface area contributed by atoms with E-state index in [1.807, 2.05) is 25.3 Å². The third-order valence-electron chi connectivity index (χ3n) is 2.40. The van der Waals surface area contributed by atoms with E-state index in [-0.39, 0.29) is 0 Å². The Morgan fingerprint density at radius 1 is 1.53 bits per heavy atom. The Bertz CT molecular complexity index is 528. The fourth-order valence-electron chi connectivity index (χ4n) is 1.59. The second-order valence-electron chi connectivity index (χ2n) is 3.49. The van der Waals surface area contributed by atoms with Crippen molar-refractivity contribution in [2.45, 2.75) is 6.92 Å². The second-order valence-corrected chi connectivity index (χ2v) is 4.35. The maximum atomic E-state index is 5.31. The van der Waals surface area contributed by atoms with E-state index < -0.39 is 0 Å². The molecule has 0 aliphatic rings. The number of nitrogens with one attached hydrogen (secondary N) is 2. The molecule has 0 saturated carbocycles. The van der Waals surface area contributed by atoms with Gasteiger partial charge in [-0.2, -0.15) is 0 Å². The molecule has 0 aliphatic carbocycles. The number of methoxy groups -OCH3 is 1. The summed E-state index contributed by atoms with van der Waals surface area (Å²) in [4.78, 5) is 10.6. The Labute approximate surface area is 108 Å². The molecule has 2 aromatic heterocycles. The molecule has 0 aliphatic heterocycles. The lowest BCUT2D eigenvalue weighted by atomic mass is 10.3. The van der Waals surface area contributed by atoms with E-state index >= 15 is 0 Å². The molecule has 0 radical (unpaired) electrons. The fraction of sp³-hybridized carbons (Fsp3) is 0.250. The Morgan fingerprint density at radius 3 is 2.94 bits per heavy atom. The highest BCUT2D eigenvalue weighted by atomic mass is 79.9. The van der Waals surface area contributed by atoms with Crippen LogP contribution in [0.4, 0.5) is 0 Å². The molecule has 2 heterocycles. The van der Waals surface area contributed by atoms with Gasteiger partial charge in [0.05, 0.1) is 24.2 Å². The van der Waals surface area contributed by atoms with Crippen molar-refractivity contribution in [3.8, 4) is 17.1 Å². The van der Waals surface area contributed by atoms with Gasteiger partial charge in [-0.3, -0.25) is 4.99 Å². The van der Waals surface area contributed by atoms with Crippen LogP contribution in [-0.4, -0.2) is 29.8 Å². The number of nitrogens with zero attached hydrogens (tertiary/aromatic N) is 1. The molecule has 0 unspecified atom stereocenters. The lowest BCUT2D eigenvalue weighted by Crippen LogP contribution is -1.88. The van der Waals surface area contributed by atoms with Crippen molar-refractivity contribution in [2.24, 2.45) is 4.99 Å². The van der Waals surface area contributed by atoms with Crippen LogP contribution in [0.25, 0.3) is 11.4 Å². The molecule has 2 N–H and O–H groups in total. The number of rotatable bonds is 4. The standard InChI is InChI=1S/C12H14BrN3O/c1-3-14-7-10-11(17-2)6-9(16-10)12-8(13)4-5-15-12/h4-7,15-16H,3H2,1-2H3. The fourth-order valence-corrected chi connectivity index (χ4v) is 2.05. The topological polar surface area (TPSA) is 53.2 Å². The molecule has 4 nitrogen and oxygen atoms in total. The minimum Gasteiger partial charge on any atom is -0.494 e. The zero-order chi connectivity index (χ0) is 12.3. The Kier molecular flexibility index (Phi) is 3.68. The molecule has 0 amide bonds. The molecule has 0 atom stereocenters. The first-order chi connectivity index (χ1) is 8.26. The average Bonchev–Trinajstić information content (AvgIpc) is 2.91. The maximum absolute atomic E-state index is 5.31. The third kappa shape index (κ3) is 2.44. The molecule has 0 fully saturated rings. The molecular weight excluding hydrogens is 282 g/mol. The van der Waals surface area contributed by atoms with Crippen LogP contribution in [0.5, 0.6) is 5.75 Å². The van der Waals surface area contributed by atoms with Crippen LogP contribution < -0.4 is 4.74 Å². The van der Waals surface area contributed by atoms with Crippen LogP contribution in [-0.2, 0) is 0 Å². The second kappa shape index (κ2) is 5.23. The van der Waals surface area contributed by atoms with Crippen molar-refractivity contribution in [2.75, 3.05) is 13.7 Å². The van der Waals surface area contributed by atoms with Gasteiger partial charge in [0.25, 0.3) is 0 Å². The Morgan fingerprint density at radius 2 is 2.35 bits per heavy atom. The first-order valence-corrected chi connectivity index (χ1v) is 6.15. The van der Waals surface area contributed by atoms with E-state index in [9.17, 15) is 0 Å². The largest absolute Gasteiger partial charge is 0.494 e. The van der Waals surface area contributed by atoms with Gasteiger partial charge in [-0.1, -0.05) is 0 Å². The van der Waals surface area contributed by atoms with Gasteiger partial charge in [-0.15, -0.1) is 0 Å². The van der Waals surface area contributed by atoms with Crippen molar-refractivity contribution < 1.29 is 4.74 Å². The van der Waals surface area contributed by atoms with Crippen LogP contribution in [0, 0.1) is 0 Å². The monoisotopic (exact) mass is 295 g/mol. The average molecular weight is 296 g/mol. The predicted molar refractivity (Wildman–Crippen MR) is 73.0 cm³/mol. The van der Waals surface area contributed by atoms with Gasteiger partial charge in [0.2, 0.25) is 0 Å².